The Balaban J connectivity index is 0.000000175. The predicted molar refractivity (Wildman–Crippen MR) is 542 cm³/mol. The third-order valence-electron chi connectivity index (χ3n) is 21.7. The average molecular weight is 1890 g/mol. The van der Waals surface area contributed by atoms with Gasteiger partial charge in [0.05, 0.1) is 211 Å². The first-order valence-corrected chi connectivity index (χ1v) is 45.6. The zero-order valence-electron chi connectivity index (χ0n) is 78.9. The van der Waals surface area contributed by atoms with Crippen LogP contribution in [0.3, 0.4) is 0 Å². The summed E-state index contributed by atoms with van der Waals surface area (Å²) in [6.07, 6.45) is 21.5. The Morgan fingerprint density at radius 3 is 0.891 bits per heavy atom. The van der Waals surface area contributed by atoms with E-state index in [-0.39, 0.29) is 27.2 Å². The molecule has 37 heteroatoms. The number of aliphatic hydroxyl groups is 2. The van der Waals surface area contributed by atoms with Gasteiger partial charge >= 0.3 is 0 Å². The highest BCUT2D eigenvalue weighted by Gasteiger charge is 2.24. The molecule has 0 radical (unpaired) electrons. The van der Waals surface area contributed by atoms with Gasteiger partial charge in [-0.05, 0) is 93.9 Å². The zero-order valence-corrected chi connectivity index (χ0v) is 79.7. The molecule has 2 unspecified atom stereocenters. The summed E-state index contributed by atoms with van der Waals surface area (Å²) in [6, 6.07) is 47.2. The van der Waals surface area contributed by atoms with Crippen LogP contribution in [0.15, 0.2) is 220 Å². The lowest BCUT2D eigenvalue weighted by molar-refractivity contribution is 0.182. The van der Waals surface area contributed by atoms with Crippen LogP contribution in [0, 0.1) is 0 Å². The monoisotopic (exact) mass is 1880 g/mol. The van der Waals surface area contributed by atoms with Crippen LogP contribution >= 0.6 is 0 Å². The van der Waals surface area contributed by atoms with Gasteiger partial charge in [0.25, 0.3) is 0 Å². The maximum absolute atomic E-state index is 11.5. The van der Waals surface area contributed by atoms with E-state index < -0.39 is 22.0 Å². The number of hydrogen-bond donors (Lipinski definition) is 6. The van der Waals surface area contributed by atoms with Crippen LogP contribution in [0.5, 0.6) is 46.0 Å². The van der Waals surface area contributed by atoms with Gasteiger partial charge in [0.15, 0.2) is 0 Å². The van der Waals surface area contributed by atoms with Crippen LogP contribution in [0.1, 0.15) is 28.7 Å². The van der Waals surface area contributed by atoms with E-state index in [0.29, 0.717) is 79.0 Å². The van der Waals surface area contributed by atoms with E-state index in [4.69, 9.17) is 57.8 Å². The quantitative estimate of drug-likeness (QED) is 0.0209. The number of anilines is 8. The van der Waals surface area contributed by atoms with E-state index in [1.54, 1.807) is 131 Å². The molecule has 0 bridgehead atoms. The van der Waals surface area contributed by atoms with Gasteiger partial charge in [-0.15, -0.1) is 0 Å². The molecule has 0 aliphatic carbocycles. The summed E-state index contributed by atoms with van der Waals surface area (Å²) in [5.74, 6) is 5.57. The van der Waals surface area contributed by atoms with Gasteiger partial charge in [0.1, 0.15) is 55.8 Å². The molecule has 2 atom stereocenters. The van der Waals surface area contributed by atoms with Gasteiger partial charge in [-0.25, -0.2) is 28.4 Å². The summed E-state index contributed by atoms with van der Waals surface area (Å²) in [5, 5.41) is 50.9. The highest BCUT2D eigenvalue weighted by molar-refractivity contribution is 7.90. The van der Waals surface area contributed by atoms with E-state index in [9.17, 15) is 18.6 Å². The highest BCUT2D eigenvalue weighted by atomic mass is 32.2. The Morgan fingerprint density at radius 1 is 0.350 bits per heavy atom. The smallest absolute Gasteiger partial charge is 0.149 e. The van der Waals surface area contributed by atoms with Crippen molar-refractivity contribution in [3.8, 4) is 91.0 Å². The van der Waals surface area contributed by atoms with E-state index in [2.05, 4.69) is 97.4 Å². The molecule has 0 saturated heterocycles. The molecule has 0 spiro atoms. The van der Waals surface area contributed by atoms with Crippen LogP contribution < -0.4 is 78.8 Å². The SMILES string of the molecule is C.C.CNCC(O)CN(c1cc(OC)cc(OC)c1)c1ccc2ncc(-c3cnn(C)c3)nc2c1.CNCC(O)CN(c1cc(OC)cc(OC)c1)c1ccc2ncc(-c3cnn(C)c3)nc2c1.CNCCN(c1cc(OC)cc(OC)c1)c1ccc2ncc(-c3cnn(CCS(C)(=O)=O)c3)nc2c1.COc1cc(OC)cc(N(CCNC(C)C)c2ccc3ncc(-c4cnn(C)c4)nc3c2)c1. The number of methoxy groups -OCH3 is 8. The molecule has 8 heterocycles. The molecule has 16 aromatic rings. The molecular formula is C100H124N24O12S. The minimum Gasteiger partial charge on any atom is -0.497 e. The number of aryl methyl sites for hydroxylation is 4. The molecular weight excluding hydrogens is 1760 g/mol. The van der Waals surface area contributed by atoms with Crippen LogP contribution in [-0.2, 0) is 37.5 Å². The standard InChI is InChI=1S/C25H30N6O4S.C25H30N6O2.2C24H28N6O3.2CH4/c1-26-7-8-31(20-11-21(34-2)14-22(12-20)35-3)19-5-6-23-24(13-19)29-25(16-27-23)18-15-28-30(17-18)9-10-36(4,32)33;1-17(2)26-8-9-31(20-10-21(32-4)13-22(11-20)33-5)19-6-7-23-24(12-19)29-25(15-27-23)18-14-28-30(3)16-18;2*1-25-12-19(31)15-30(18-7-20(32-3)10-21(8-18)33-4)17-5-6-22-23(9-17)28-24(13-26-22)16-11-27-29(2)14-16;;/h5-6,11-17,26H,7-10H2,1-4H3;6-7,10-17,26H,8-9H2,1-5H3;2*5-11,13-14,19,25,31H,12,15H2,1-4H3;2*1H4. The van der Waals surface area contributed by atoms with E-state index in [1.165, 1.54) is 6.26 Å². The molecule has 137 heavy (non-hydrogen) atoms. The average Bonchev–Trinajstić information content (AvgIpc) is 1.72. The Hall–Kier alpha value is -14.7. The van der Waals surface area contributed by atoms with Crippen molar-refractivity contribution in [3.05, 3.63) is 220 Å². The number of aliphatic hydroxyl groups excluding tert-OH is 2. The number of benzene rings is 8. The summed E-state index contributed by atoms with van der Waals surface area (Å²) in [4.78, 5) is 46.1. The third kappa shape index (κ3) is 27.3. The van der Waals surface area contributed by atoms with Crippen molar-refractivity contribution in [1.29, 1.82) is 0 Å². The number of sulfone groups is 1. The normalized spacial score (nSPS) is 11.5. The lowest BCUT2D eigenvalue weighted by Crippen LogP contribution is -2.35. The number of nitrogens with zero attached hydrogens (tertiary/aromatic N) is 20. The molecule has 0 amide bonds. The number of ether oxygens (including phenoxy) is 8. The first-order valence-electron chi connectivity index (χ1n) is 43.6. The second kappa shape index (κ2) is 48.5. The topological polar surface area (TPSA) is 384 Å². The van der Waals surface area contributed by atoms with E-state index >= 15 is 0 Å². The van der Waals surface area contributed by atoms with Crippen molar-refractivity contribution in [1.82, 2.24) is 100 Å². The number of aromatic nitrogens is 16. The molecule has 8 aromatic carbocycles. The fourth-order valence-corrected chi connectivity index (χ4v) is 15.3. The Morgan fingerprint density at radius 2 is 0.628 bits per heavy atom. The van der Waals surface area contributed by atoms with E-state index in [0.717, 1.165) is 160 Å². The van der Waals surface area contributed by atoms with Crippen molar-refractivity contribution >= 4 is 99.5 Å². The largest absolute Gasteiger partial charge is 0.497 e. The molecule has 0 aliphatic rings. The molecule has 0 aliphatic heterocycles. The van der Waals surface area contributed by atoms with Crippen molar-refractivity contribution in [2.45, 2.75) is 53.5 Å². The molecule has 16 rings (SSSR count). The van der Waals surface area contributed by atoms with Gasteiger partial charge in [-0.2, -0.15) is 20.4 Å². The van der Waals surface area contributed by atoms with Gasteiger partial charge < -0.3 is 89.0 Å². The van der Waals surface area contributed by atoms with Crippen LogP contribution in [0.25, 0.3) is 89.2 Å². The predicted octanol–water partition coefficient (Wildman–Crippen LogP) is 13.9. The summed E-state index contributed by atoms with van der Waals surface area (Å²) in [7, 11) is 21.1. The number of rotatable bonds is 38. The Bertz CT molecular complexity index is 6490. The molecule has 8 aromatic heterocycles. The second-order valence-corrected chi connectivity index (χ2v) is 34.2. The fourth-order valence-electron chi connectivity index (χ4n) is 14.8. The van der Waals surface area contributed by atoms with Gasteiger partial charge in [0, 0.05) is 238 Å². The fraction of sp³-hybridized carbons (Fsp3) is 0.320. The van der Waals surface area contributed by atoms with Gasteiger partial charge in [-0.3, -0.25) is 38.7 Å². The minimum absolute atomic E-state index is 0. The first kappa shape index (κ1) is 103. The zero-order chi connectivity index (χ0) is 95.8. The van der Waals surface area contributed by atoms with Crippen molar-refractivity contribution in [3.63, 3.8) is 0 Å². The van der Waals surface area contributed by atoms with Crippen molar-refractivity contribution < 1.29 is 56.5 Å². The number of nitrogens with one attached hydrogen (secondary N) is 4. The van der Waals surface area contributed by atoms with Crippen LogP contribution in [-0.4, -0.2) is 258 Å². The molecule has 36 nitrogen and oxygen atoms in total. The first-order chi connectivity index (χ1) is 65.2. The van der Waals surface area contributed by atoms with Gasteiger partial charge in [0.2, 0.25) is 0 Å². The molecule has 6 N–H and O–H groups in total. The summed E-state index contributed by atoms with van der Waals surface area (Å²) in [5.41, 5.74) is 20.0. The van der Waals surface area contributed by atoms with Crippen molar-refractivity contribution in [2.24, 2.45) is 21.1 Å². The highest BCUT2D eigenvalue weighted by Crippen LogP contribution is 2.40. The molecule has 722 valence electrons. The lowest BCUT2D eigenvalue weighted by Gasteiger charge is -2.28. The molecule has 0 fully saturated rings. The summed E-state index contributed by atoms with van der Waals surface area (Å²) >= 11 is 0. The number of likely N-dealkylation sites (N-methyl/N-ethyl adjacent to an activating group) is 3. The van der Waals surface area contributed by atoms with Crippen molar-refractivity contribution in [2.75, 3.05) is 162 Å². The number of hydrogen-bond acceptors (Lipinski definition) is 32. The lowest BCUT2D eigenvalue weighted by atomic mass is 10.1. The summed E-state index contributed by atoms with van der Waals surface area (Å²) < 4.78 is 73.6. The Kier molecular flexibility index (Phi) is 36.4. The maximum Gasteiger partial charge on any atom is 0.149 e. The van der Waals surface area contributed by atoms with Crippen LogP contribution in [0.4, 0.5) is 45.5 Å². The van der Waals surface area contributed by atoms with Gasteiger partial charge in [-0.1, -0.05) is 28.7 Å². The van der Waals surface area contributed by atoms with Crippen LogP contribution in [0.2, 0.25) is 0 Å². The van der Waals surface area contributed by atoms with E-state index in [1.807, 2.05) is 204 Å². The Labute approximate surface area is 799 Å². The second-order valence-electron chi connectivity index (χ2n) is 32.0. The summed E-state index contributed by atoms with van der Waals surface area (Å²) in [6.45, 7) is 9.24. The molecule has 0 saturated carbocycles. The minimum atomic E-state index is -3.07. The third-order valence-corrected chi connectivity index (χ3v) is 22.6. The number of fused-ring (bicyclic) bond motifs is 4. The maximum atomic E-state index is 11.5.